The molecule has 0 spiro atoms. The van der Waals surface area contributed by atoms with Gasteiger partial charge in [0.25, 0.3) is 0 Å². The van der Waals surface area contributed by atoms with Gasteiger partial charge in [-0.3, -0.25) is 4.68 Å². The number of rotatable bonds is 1. The van der Waals surface area contributed by atoms with Crippen molar-refractivity contribution in [2.45, 2.75) is 45.1 Å². The Morgan fingerprint density at radius 3 is 2.62 bits per heavy atom. The smallest absolute Gasteiger partial charge is 0.126 e. The topological polar surface area (TPSA) is 17.8 Å². The summed E-state index contributed by atoms with van der Waals surface area (Å²) in [6.07, 6.45) is 8.99. The largest absolute Gasteiger partial charge is 0.268 e. The predicted octanol–water partition coefficient (Wildman–Crippen LogP) is 3.30. The molecule has 13 heavy (non-hydrogen) atoms. The first-order chi connectivity index (χ1) is 6.27. The Morgan fingerprint density at radius 1 is 1.38 bits per heavy atom. The Hall–Kier alpha value is -0.0600. The monoisotopic (exact) mass is 290 g/mol. The van der Waals surface area contributed by atoms with Crippen LogP contribution in [-0.4, -0.2) is 9.78 Å². The highest BCUT2D eigenvalue weighted by Crippen LogP contribution is 2.28. The fraction of sp³-hybridized carbons (Fsp3) is 0.700. The van der Waals surface area contributed by atoms with Crippen LogP contribution in [0, 0.1) is 10.6 Å². The molecule has 0 saturated heterocycles. The van der Waals surface area contributed by atoms with Crippen molar-refractivity contribution < 1.29 is 0 Å². The molecule has 0 bridgehead atoms. The molecule has 2 rings (SSSR count). The summed E-state index contributed by atoms with van der Waals surface area (Å²) in [6, 6.07) is 0.677. The SMILES string of the molecule is Cc1cn(C2CCCCC2)nc1I. The van der Waals surface area contributed by atoms with Gasteiger partial charge in [-0.1, -0.05) is 19.3 Å². The molecule has 1 heterocycles. The Kier molecular flexibility index (Phi) is 2.91. The predicted molar refractivity (Wildman–Crippen MR) is 61.8 cm³/mol. The lowest BCUT2D eigenvalue weighted by molar-refractivity contribution is 0.328. The molecule has 72 valence electrons. The zero-order valence-electron chi connectivity index (χ0n) is 7.96. The second kappa shape index (κ2) is 3.98. The average Bonchev–Trinajstić information content (AvgIpc) is 2.49. The molecule has 1 aromatic rings. The van der Waals surface area contributed by atoms with E-state index in [1.807, 2.05) is 0 Å². The normalized spacial score (nSPS) is 19.2. The van der Waals surface area contributed by atoms with E-state index in [9.17, 15) is 0 Å². The van der Waals surface area contributed by atoms with E-state index in [4.69, 9.17) is 0 Å². The second-order valence-corrected chi connectivity index (χ2v) is 4.90. The highest BCUT2D eigenvalue weighted by Gasteiger charge is 2.16. The molecule has 0 amide bonds. The van der Waals surface area contributed by atoms with E-state index in [0.29, 0.717) is 6.04 Å². The molecule has 0 unspecified atom stereocenters. The number of hydrogen-bond acceptors (Lipinski definition) is 1. The van der Waals surface area contributed by atoms with E-state index in [0.717, 1.165) is 3.70 Å². The molecule has 0 aromatic carbocycles. The minimum Gasteiger partial charge on any atom is -0.268 e. The van der Waals surface area contributed by atoms with Gasteiger partial charge in [0.15, 0.2) is 0 Å². The molecule has 0 aliphatic heterocycles. The summed E-state index contributed by atoms with van der Waals surface area (Å²) in [5, 5.41) is 4.54. The van der Waals surface area contributed by atoms with Crippen LogP contribution < -0.4 is 0 Å². The summed E-state index contributed by atoms with van der Waals surface area (Å²) in [5.74, 6) is 0. The highest BCUT2D eigenvalue weighted by molar-refractivity contribution is 14.1. The first-order valence-electron chi connectivity index (χ1n) is 4.98. The number of nitrogens with zero attached hydrogens (tertiary/aromatic N) is 2. The van der Waals surface area contributed by atoms with E-state index in [2.05, 4.69) is 45.5 Å². The maximum absolute atomic E-state index is 4.54. The van der Waals surface area contributed by atoms with Gasteiger partial charge < -0.3 is 0 Å². The van der Waals surface area contributed by atoms with Crippen LogP contribution in [0.4, 0.5) is 0 Å². The van der Waals surface area contributed by atoms with Crippen molar-refractivity contribution in [3.63, 3.8) is 0 Å². The summed E-state index contributed by atoms with van der Waals surface area (Å²) in [4.78, 5) is 0. The van der Waals surface area contributed by atoms with Crippen molar-refractivity contribution in [2.75, 3.05) is 0 Å². The third-order valence-electron chi connectivity index (χ3n) is 2.80. The zero-order chi connectivity index (χ0) is 9.26. The quantitative estimate of drug-likeness (QED) is 0.726. The van der Waals surface area contributed by atoms with Gasteiger partial charge in [0.1, 0.15) is 3.70 Å². The van der Waals surface area contributed by atoms with E-state index < -0.39 is 0 Å². The molecule has 1 fully saturated rings. The molecule has 2 nitrogen and oxygen atoms in total. The van der Waals surface area contributed by atoms with Gasteiger partial charge in [0.2, 0.25) is 0 Å². The van der Waals surface area contributed by atoms with Crippen LogP contribution in [0.3, 0.4) is 0 Å². The fourth-order valence-corrected chi connectivity index (χ4v) is 2.38. The van der Waals surface area contributed by atoms with Crippen LogP contribution in [0.5, 0.6) is 0 Å². The van der Waals surface area contributed by atoms with Gasteiger partial charge in [-0.2, -0.15) is 5.10 Å². The summed E-state index contributed by atoms with van der Waals surface area (Å²) >= 11 is 2.31. The number of hydrogen-bond donors (Lipinski definition) is 0. The first kappa shape index (κ1) is 9.49. The van der Waals surface area contributed by atoms with E-state index in [1.165, 1.54) is 37.7 Å². The van der Waals surface area contributed by atoms with Gasteiger partial charge in [0, 0.05) is 11.8 Å². The minimum absolute atomic E-state index is 0.677. The van der Waals surface area contributed by atoms with Gasteiger partial charge >= 0.3 is 0 Å². The van der Waals surface area contributed by atoms with Gasteiger partial charge in [0.05, 0.1) is 6.04 Å². The zero-order valence-corrected chi connectivity index (χ0v) is 10.1. The average molecular weight is 290 g/mol. The standard InChI is InChI=1S/C10H15IN2/c1-8-7-13(12-10(8)11)9-5-3-2-4-6-9/h7,9H,2-6H2,1H3. The molecule has 1 saturated carbocycles. The van der Waals surface area contributed by atoms with Crippen LogP contribution in [-0.2, 0) is 0 Å². The summed E-state index contributed by atoms with van der Waals surface area (Å²) in [7, 11) is 0. The van der Waals surface area contributed by atoms with E-state index in [-0.39, 0.29) is 0 Å². The summed E-state index contributed by atoms with van der Waals surface area (Å²) in [5.41, 5.74) is 1.31. The molecule has 1 aliphatic rings. The van der Waals surface area contributed by atoms with Gasteiger partial charge in [-0.25, -0.2) is 0 Å². The Balaban J connectivity index is 2.14. The van der Waals surface area contributed by atoms with Crippen molar-refractivity contribution in [1.29, 1.82) is 0 Å². The Morgan fingerprint density at radius 2 is 2.08 bits per heavy atom. The Labute approximate surface area is 92.8 Å². The fourth-order valence-electron chi connectivity index (χ4n) is 1.99. The van der Waals surface area contributed by atoms with Gasteiger partial charge in [-0.15, -0.1) is 0 Å². The van der Waals surface area contributed by atoms with Crippen LogP contribution in [0.1, 0.15) is 43.7 Å². The van der Waals surface area contributed by atoms with E-state index in [1.54, 1.807) is 0 Å². The van der Waals surface area contributed by atoms with Crippen molar-refractivity contribution in [1.82, 2.24) is 9.78 Å². The van der Waals surface area contributed by atoms with Crippen LogP contribution in [0.25, 0.3) is 0 Å². The van der Waals surface area contributed by atoms with Crippen molar-refractivity contribution in [3.05, 3.63) is 15.5 Å². The lowest BCUT2D eigenvalue weighted by atomic mass is 9.96. The number of aryl methyl sites for hydroxylation is 1. The highest BCUT2D eigenvalue weighted by atomic mass is 127. The van der Waals surface area contributed by atoms with Crippen LogP contribution in [0.2, 0.25) is 0 Å². The second-order valence-electron chi connectivity index (χ2n) is 3.87. The molecular formula is C10H15IN2. The van der Waals surface area contributed by atoms with Crippen molar-refractivity contribution in [2.24, 2.45) is 0 Å². The van der Waals surface area contributed by atoms with Crippen molar-refractivity contribution >= 4 is 22.6 Å². The lowest BCUT2D eigenvalue weighted by Crippen LogP contribution is -2.13. The third kappa shape index (κ3) is 2.06. The molecule has 0 atom stereocenters. The third-order valence-corrected chi connectivity index (χ3v) is 3.87. The molecule has 1 aromatic heterocycles. The molecular weight excluding hydrogens is 275 g/mol. The first-order valence-corrected chi connectivity index (χ1v) is 6.06. The van der Waals surface area contributed by atoms with Crippen LogP contribution in [0.15, 0.2) is 6.20 Å². The molecule has 0 N–H and O–H groups in total. The van der Waals surface area contributed by atoms with Gasteiger partial charge in [-0.05, 0) is 42.4 Å². The molecule has 1 aliphatic carbocycles. The maximum atomic E-state index is 4.54. The summed E-state index contributed by atoms with van der Waals surface area (Å²) < 4.78 is 3.33. The number of halogens is 1. The van der Waals surface area contributed by atoms with E-state index >= 15 is 0 Å². The summed E-state index contributed by atoms with van der Waals surface area (Å²) in [6.45, 7) is 2.13. The lowest BCUT2D eigenvalue weighted by Gasteiger charge is -2.21. The molecule has 3 heteroatoms. The van der Waals surface area contributed by atoms with Crippen LogP contribution >= 0.6 is 22.6 Å². The maximum Gasteiger partial charge on any atom is 0.126 e. The Bertz CT molecular complexity index is 268. The van der Waals surface area contributed by atoms with Crippen molar-refractivity contribution in [3.8, 4) is 0 Å². The minimum atomic E-state index is 0.677. The molecule has 0 radical (unpaired) electrons. The number of aromatic nitrogens is 2.